The van der Waals surface area contributed by atoms with Gasteiger partial charge in [0.25, 0.3) is 10.1 Å². The fraction of sp³-hybridized carbons (Fsp3) is 1.00. The molecule has 6 bridgehead atoms. The van der Waals surface area contributed by atoms with Crippen molar-refractivity contribution in [2.45, 2.75) is 80.1 Å². The Balaban J connectivity index is 0.000000584. The molecule has 0 heterocycles. The Morgan fingerprint density at radius 2 is 0.978 bits per heavy atom. The molecule has 0 saturated heterocycles. The van der Waals surface area contributed by atoms with Gasteiger partial charge in [0.05, 0.1) is 5.75 Å². The molecule has 0 radical (unpaired) electrons. The maximum atomic E-state index is 10.8. The van der Waals surface area contributed by atoms with Gasteiger partial charge in [-0.05, 0) is 127 Å². The molecule has 46 heavy (non-hydrogen) atoms. The molecule has 0 spiro atoms. The van der Waals surface area contributed by atoms with E-state index in [1.54, 1.807) is 0 Å². The predicted molar refractivity (Wildman–Crippen MR) is 178 cm³/mol. The second-order valence-electron chi connectivity index (χ2n) is 14.6. The molecule has 262 valence electrons. The summed E-state index contributed by atoms with van der Waals surface area (Å²) in [6.07, 6.45) is 7.75. The van der Waals surface area contributed by atoms with Crippen LogP contribution in [0.4, 0.5) is 0 Å². The Labute approximate surface area is 341 Å². The van der Waals surface area contributed by atoms with Crippen LogP contribution in [0.5, 0.6) is 0 Å². The Hall–Kier alpha value is 2.80. The zero-order valence-corrected chi connectivity index (χ0v) is 37.4. The van der Waals surface area contributed by atoms with Crippen molar-refractivity contribution >= 4 is 63.3 Å². The molecule has 0 amide bonds. The molecule has 0 aromatic rings. The van der Waals surface area contributed by atoms with Crippen LogP contribution < -0.4 is 59.1 Å². The zero-order valence-electron chi connectivity index (χ0n) is 28.7. The van der Waals surface area contributed by atoms with Crippen molar-refractivity contribution in [3.05, 3.63) is 0 Å². The summed E-state index contributed by atoms with van der Waals surface area (Å²) in [6.45, 7) is 14.5. The van der Waals surface area contributed by atoms with E-state index in [1.165, 1.54) is 32.1 Å². The second kappa shape index (κ2) is 22.1. The van der Waals surface area contributed by atoms with Gasteiger partial charge in [0, 0.05) is 33.9 Å². The largest absolute Gasteiger partial charge is 1.00 e. The van der Waals surface area contributed by atoms with Gasteiger partial charge in [0.2, 0.25) is 9.23 Å². The number of aliphatic hydroxyl groups is 1. The molecule has 16 heteroatoms. The molecule has 6 saturated carbocycles. The van der Waals surface area contributed by atoms with Gasteiger partial charge in [-0.1, -0.05) is 41.5 Å². The van der Waals surface area contributed by atoms with E-state index in [2.05, 4.69) is 62.9 Å². The Morgan fingerprint density at radius 3 is 1.24 bits per heavy atom. The molecule has 6 fully saturated rings. The molecular formula is C30H53Cl3Na2O8S3. The van der Waals surface area contributed by atoms with Gasteiger partial charge in [0.1, 0.15) is 0 Å². The van der Waals surface area contributed by atoms with Gasteiger partial charge in [0.15, 0.2) is 0 Å². The number of fused-ring (bicyclic) bond motifs is 6. The number of hydrogen-bond donors (Lipinski definition) is 2. The van der Waals surface area contributed by atoms with E-state index in [4.69, 9.17) is 38.4 Å². The summed E-state index contributed by atoms with van der Waals surface area (Å²) in [5.74, 6) is 12.6. The third-order valence-corrected chi connectivity index (χ3v) is 14.2. The van der Waals surface area contributed by atoms with Crippen molar-refractivity contribution in [1.82, 2.24) is 0 Å². The quantitative estimate of drug-likeness (QED) is 0.108. The van der Waals surface area contributed by atoms with Crippen LogP contribution in [0.1, 0.15) is 80.1 Å². The van der Waals surface area contributed by atoms with Crippen molar-refractivity contribution in [3.8, 4) is 0 Å². The maximum absolute atomic E-state index is 10.8. The molecule has 0 aromatic heterocycles. The SMILES string of the molecule is CC1C2CC(CCl)C(C2)C1C.CC1C2CC(CO)C(C2)C1C.CC1C2CC(CS(=O)(=O)O)C(C2)C1C.O=S(Cl)Cl.O=[S-](=O)[O-].[Na+].[Na+]. The molecule has 0 aromatic carbocycles. The van der Waals surface area contributed by atoms with Crippen LogP contribution >= 0.6 is 33.0 Å². The number of aliphatic hydroxyl groups excluding tert-OH is 1. The van der Waals surface area contributed by atoms with Crippen molar-refractivity contribution in [2.75, 3.05) is 18.2 Å². The predicted octanol–water partition coefficient (Wildman–Crippen LogP) is 1.34. The molecule has 15 unspecified atom stereocenters. The van der Waals surface area contributed by atoms with Crippen molar-refractivity contribution in [3.63, 3.8) is 0 Å². The third kappa shape index (κ3) is 14.0. The number of rotatable bonds is 4. The third-order valence-electron chi connectivity index (χ3n) is 13.0. The molecule has 8 nitrogen and oxygen atoms in total. The van der Waals surface area contributed by atoms with Crippen LogP contribution in [-0.2, 0) is 38.7 Å². The van der Waals surface area contributed by atoms with Crippen molar-refractivity contribution in [2.24, 2.45) is 88.8 Å². The van der Waals surface area contributed by atoms with Crippen molar-refractivity contribution < 1.29 is 94.4 Å². The topological polar surface area (TPSA) is 149 Å². The Kier molecular flexibility index (Phi) is 23.5. The monoisotopic (exact) mass is 788 g/mol. The molecule has 6 aliphatic rings. The van der Waals surface area contributed by atoms with E-state index in [0.717, 1.165) is 71.5 Å². The number of alkyl halides is 1. The molecule has 0 aliphatic heterocycles. The first kappa shape index (κ1) is 48.8. The van der Waals surface area contributed by atoms with Gasteiger partial charge >= 0.3 is 59.1 Å². The average molecular weight is 790 g/mol. The second-order valence-corrected chi connectivity index (χ2v) is 19.3. The van der Waals surface area contributed by atoms with Crippen LogP contribution in [0.3, 0.4) is 0 Å². The minimum absolute atomic E-state index is 0. The minimum atomic E-state index is -3.77. The summed E-state index contributed by atoms with van der Waals surface area (Å²) < 4.78 is 64.9. The zero-order chi connectivity index (χ0) is 33.7. The number of hydrogen-bond acceptors (Lipinski definition) is 8. The van der Waals surface area contributed by atoms with Crippen LogP contribution in [0.15, 0.2) is 0 Å². The normalized spacial score (nSPS) is 42.3. The Morgan fingerprint density at radius 1 is 0.696 bits per heavy atom. The first-order valence-corrected chi connectivity index (χ1v) is 21.9. The minimum Gasteiger partial charge on any atom is -0.917 e. The first-order chi connectivity index (χ1) is 20.3. The molecule has 6 rings (SSSR count). The molecule has 2 N–H and O–H groups in total. The maximum Gasteiger partial charge on any atom is 1.00 e. The summed E-state index contributed by atoms with van der Waals surface area (Å²) in [6, 6.07) is 0. The average Bonchev–Trinajstić information content (AvgIpc) is 3.74. The standard InChI is InChI=1S/C10H17Cl.C10H18O3S.C10H18O.Cl2OS.2Na.O3S/c1-6-7(2)10-4-8(6)3-9(10)5-11;1-6-7(2)10-4-8(6)3-9(10)5-14(11,12)13;1-6-7(2)10-4-8(6)3-9(10)5-11;1-4(2)3;;;1-4(2)3/h6-10H,3-5H2,1-2H3;6-10H,3-5H2,1-2H3,(H,11,12,13);6-11H,3-5H2,1-2H3;;;;/q;;;;2*+1;-2. The van der Waals surface area contributed by atoms with Crippen molar-refractivity contribution in [1.29, 1.82) is 0 Å². The van der Waals surface area contributed by atoms with Gasteiger partial charge in [-0.15, -0.1) is 11.6 Å². The Bertz CT molecular complexity index is 1060. The summed E-state index contributed by atoms with van der Waals surface area (Å²) in [4.78, 5) is 0. The van der Waals surface area contributed by atoms with E-state index in [1.807, 2.05) is 0 Å². The summed E-state index contributed by atoms with van der Waals surface area (Å²) in [5.41, 5.74) is 0. The van der Waals surface area contributed by atoms with Gasteiger partial charge in [-0.2, -0.15) is 19.4 Å². The van der Waals surface area contributed by atoms with E-state index < -0.39 is 30.3 Å². The van der Waals surface area contributed by atoms with Crippen LogP contribution in [0.25, 0.3) is 0 Å². The van der Waals surface area contributed by atoms with Crippen LogP contribution in [0, 0.1) is 88.8 Å². The number of halogens is 3. The van der Waals surface area contributed by atoms with Crippen LogP contribution in [0.2, 0.25) is 0 Å². The fourth-order valence-corrected chi connectivity index (χ4v) is 11.4. The molecular weight excluding hydrogens is 737 g/mol. The molecule has 15 atom stereocenters. The van der Waals surface area contributed by atoms with E-state index in [9.17, 15) is 8.42 Å². The smallest absolute Gasteiger partial charge is 0.917 e. The van der Waals surface area contributed by atoms with Gasteiger partial charge in [-0.3, -0.25) is 4.55 Å². The summed E-state index contributed by atoms with van der Waals surface area (Å²) in [5, 5.41) is 9.09. The summed E-state index contributed by atoms with van der Waals surface area (Å²) in [7, 11) is 0.476. The van der Waals surface area contributed by atoms with Crippen LogP contribution in [-0.4, -0.2) is 45.1 Å². The first-order valence-electron chi connectivity index (χ1n) is 16.0. The molecule has 6 aliphatic carbocycles. The van der Waals surface area contributed by atoms with E-state index in [-0.39, 0.29) is 70.8 Å². The van der Waals surface area contributed by atoms with E-state index in [0.29, 0.717) is 30.3 Å². The van der Waals surface area contributed by atoms with Gasteiger partial charge < -0.3 is 18.1 Å². The van der Waals surface area contributed by atoms with E-state index >= 15 is 0 Å². The van der Waals surface area contributed by atoms with Gasteiger partial charge in [-0.25, -0.2) is 4.21 Å². The fourth-order valence-electron chi connectivity index (χ4n) is 10.1. The summed E-state index contributed by atoms with van der Waals surface area (Å²) >= 11 is 5.91.